The number of likely N-dealkylation sites (N-methyl/N-ethyl adjacent to an activating group) is 1. The normalized spacial score (nSPS) is 24.1. The van der Waals surface area contributed by atoms with Gasteiger partial charge >= 0.3 is 0 Å². The largest absolute Gasteiger partial charge is 0.359 e. The van der Waals surface area contributed by atoms with E-state index in [4.69, 9.17) is 23.2 Å². The second kappa shape index (κ2) is 4.42. The number of nitrogens with one attached hydrogen (secondary N) is 1. The predicted octanol–water partition coefficient (Wildman–Crippen LogP) is 0.727. The lowest BCUT2D eigenvalue weighted by Gasteiger charge is -2.37. The van der Waals surface area contributed by atoms with Crippen LogP contribution in [0.25, 0.3) is 0 Å². The third kappa shape index (κ3) is 2.05. The molecule has 1 heterocycles. The SMILES string of the molecule is CN1CC(=O)NC(O)(c2cc(Cl)ccc2Cl)C1=O. The van der Waals surface area contributed by atoms with E-state index in [2.05, 4.69) is 5.32 Å². The van der Waals surface area contributed by atoms with Crippen LogP contribution in [0.4, 0.5) is 0 Å². The van der Waals surface area contributed by atoms with Gasteiger partial charge in [-0.1, -0.05) is 23.2 Å². The zero-order valence-corrected chi connectivity index (χ0v) is 10.9. The van der Waals surface area contributed by atoms with Gasteiger partial charge in [0.05, 0.1) is 6.54 Å². The summed E-state index contributed by atoms with van der Waals surface area (Å²) in [5.41, 5.74) is -2.12. The van der Waals surface area contributed by atoms with E-state index in [1.165, 1.54) is 25.2 Å². The van der Waals surface area contributed by atoms with Gasteiger partial charge in [0.2, 0.25) is 11.6 Å². The number of carbonyl (C=O) groups excluding carboxylic acids is 2. The number of halogens is 2. The van der Waals surface area contributed by atoms with Gasteiger partial charge < -0.3 is 15.3 Å². The topological polar surface area (TPSA) is 69.6 Å². The zero-order chi connectivity index (χ0) is 13.5. The highest BCUT2D eigenvalue weighted by Crippen LogP contribution is 2.31. The maximum Gasteiger partial charge on any atom is 0.281 e. The van der Waals surface area contributed by atoms with Crippen LogP contribution in [0.5, 0.6) is 0 Å². The summed E-state index contributed by atoms with van der Waals surface area (Å²) in [6.45, 7) is -0.112. The van der Waals surface area contributed by atoms with E-state index in [1.54, 1.807) is 0 Å². The molecule has 0 aromatic heterocycles. The summed E-state index contributed by atoms with van der Waals surface area (Å²) in [6.07, 6.45) is 0. The molecule has 96 valence electrons. The first kappa shape index (κ1) is 13.1. The summed E-state index contributed by atoms with van der Waals surface area (Å²) in [5.74, 6) is -1.14. The molecular weight excluding hydrogens is 279 g/mol. The third-order valence-electron chi connectivity index (χ3n) is 2.68. The lowest BCUT2D eigenvalue weighted by Crippen LogP contribution is -2.63. The predicted molar refractivity (Wildman–Crippen MR) is 66.1 cm³/mol. The molecule has 5 nitrogen and oxygen atoms in total. The maximum atomic E-state index is 12.0. The molecule has 1 unspecified atom stereocenters. The second-order valence-corrected chi connectivity index (χ2v) is 4.89. The number of aliphatic hydroxyl groups is 1. The number of carbonyl (C=O) groups is 2. The van der Waals surface area contributed by atoms with Gasteiger partial charge in [-0.2, -0.15) is 0 Å². The molecule has 1 aliphatic heterocycles. The summed E-state index contributed by atoms with van der Waals surface area (Å²) < 4.78 is 0. The van der Waals surface area contributed by atoms with Crippen LogP contribution in [0, 0.1) is 0 Å². The van der Waals surface area contributed by atoms with Crippen LogP contribution in [-0.4, -0.2) is 35.4 Å². The Morgan fingerprint density at radius 1 is 1.39 bits per heavy atom. The van der Waals surface area contributed by atoms with Gasteiger partial charge in [0.1, 0.15) is 0 Å². The molecule has 7 heteroatoms. The van der Waals surface area contributed by atoms with Gasteiger partial charge in [-0.15, -0.1) is 0 Å². The number of rotatable bonds is 1. The fourth-order valence-corrected chi connectivity index (χ4v) is 2.24. The molecule has 1 fully saturated rings. The van der Waals surface area contributed by atoms with E-state index in [0.717, 1.165) is 4.90 Å². The first-order valence-electron chi connectivity index (χ1n) is 5.09. The van der Waals surface area contributed by atoms with Crippen molar-refractivity contribution in [3.8, 4) is 0 Å². The number of hydrogen-bond acceptors (Lipinski definition) is 3. The van der Waals surface area contributed by atoms with Crippen molar-refractivity contribution in [2.45, 2.75) is 5.72 Å². The molecule has 0 spiro atoms. The van der Waals surface area contributed by atoms with Crippen LogP contribution in [0.3, 0.4) is 0 Å². The highest BCUT2D eigenvalue weighted by molar-refractivity contribution is 6.34. The lowest BCUT2D eigenvalue weighted by atomic mass is 9.99. The smallest absolute Gasteiger partial charge is 0.281 e. The Balaban J connectivity index is 2.55. The Labute approximate surface area is 113 Å². The Bertz CT molecular complexity index is 535. The van der Waals surface area contributed by atoms with Gasteiger partial charge in [0, 0.05) is 22.7 Å². The molecule has 2 rings (SSSR count). The van der Waals surface area contributed by atoms with Crippen LogP contribution >= 0.6 is 23.2 Å². The molecule has 0 aliphatic carbocycles. The Morgan fingerprint density at radius 3 is 2.72 bits per heavy atom. The van der Waals surface area contributed by atoms with Gasteiger partial charge in [0.25, 0.3) is 5.91 Å². The average Bonchev–Trinajstić information content (AvgIpc) is 2.29. The molecule has 0 saturated carbocycles. The summed E-state index contributed by atoms with van der Waals surface area (Å²) in [5, 5.41) is 13.1. The Morgan fingerprint density at radius 2 is 2.06 bits per heavy atom. The van der Waals surface area contributed by atoms with Crippen LogP contribution in [0.1, 0.15) is 5.56 Å². The molecule has 1 aromatic rings. The van der Waals surface area contributed by atoms with Crippen molar-refractivity contribution in [1.82, 2.24) is 10.2 Å². The minimum atomic E-state index is -2.17. The minimum Gasteiger partial charge on any atom is -0.359 e. The number of nitrogens with zero attached hydrogens (tertiary/aromatic N) is 1. The maximum absolute atomic E-state index is 12.0. The van der Waals surface area contributed by atoms with Gasteiger partial charge in [0.15, 0.2) is 0 Å². The van der Waals surface area contributed by atoms with Gasteiger partial charge in [-0.05, 0) is 18.2 Å². The number of benzene rings is 1. The fourth-order valence-electron chi connectivity index (χ4n) is 1.82. The summed E-state index contributed by atoms with van der Waals surface area (Å²) in [6, 6.07) is 4.32. The van der Waals surface area contributed by atoms with E-state index >= 15 is 0 Å². The molecule has 0 bridgehead atoms. The lowest BCUT2D eigenvalue weighted by molar-refractivity contribution is -0.167. The Hall–Kier alpha value is -1.30. The van der Waals surface area contributed by atoms with E-state index in [-0.39, 0.29) is 17.1 Å². The highest BCUT2D eigenvalue weighted by atomic mass is 35.5. The average molecular weight is 289 g/mol. The van der Waals surface area contributed by atoms with Crippen LogP contribution in [0.2, 0.25) is 10.0 Å². The van der Waals surface area contributed by atoms with E-state index in [9.17, 15) is 14.7 Å². The van der Waals surface area contributed by atoms with Crippen molar-refractivity contribution in [2.75, 3.05) is 13.6 Å². The molecule has 1 aromatic carbocycles. The summed E-state index contributed by atoms with van der Waals surface area (Å²) >= 11 is 11.8. The monoisotopic (exact) mass is 288 g/mol. The van der Waals surface area contributed by atoms with Crippen molar-refractivity contribution in [1.29, 1.82) is 0 Å². The molecule has 1 atom stereocenters. The van der Waals surface area contributed by atoms with Gasteiger partial charge in [-0.3, -0.25) is 9.59 Å². The molecule has 18 heavy (non-hydrogen) atoms. The van der Waals surface area contributed by atoms with Crippen LogP contribution < -0.4 is 5.32 Å². The van der Waals surface area contributed by atoms with E-state index < -0.39 is 17.5 Å². The zero-order valence-electron chi connectivity index (χ0n) is 9.41. The first-order chi connectivity index (χ1) is 8.34. The van der Waals surface area contributed by atoms with Crippen molar-refractivity contribution in [3.05, 3.63) is 33.8 Å². The van der Waals surface area contributed by atoms with Crippen molar-refractivity contribution in [2.24, 2.45) is 0 Å². The summed E-state index contributed by atoms with van der Waals surface area (Å²) in [7, 11) is 1.42. The standard InChI is InChI=1S/C11H10Cl2N2O3/c1-15-5-9(16)14-11(18,10(15)17)7-4-6(12)2-3-8(7)13/h2-4,18H,5H2,1H3,(H,14,16). The second-order valence-electron chi connectivity index (χ2n) is 4.04. The molecule has 1 aliphatic rings. The van der Waals surface area contributed by atoms with Gasteiger partial charge in [-0.25, -0.2) is 0 Å². The van der Waals surface area contributed by atoms with Crippen LogP contribution in [0.15, 0.2) is 18.2 Å². The highest BCUT2D eigenvalue weighted by Gasteiger charge is 2.46. The summed E-state index contributed by atoms with van der Waals surface area (Å²) in [4.78, 5) is 24.6. The first-order valence-corrected chi connectivity index (χ1v) is 5.84. The van der Waals surface area contributed by atoms with Crippen LogP contribution in [-0.2, 0) is 15.3 Å². The molecular formula is C11H10Cl2N2O3. The van der Waals surface area contributed by atoms with Crippen molar-refractivity contribution in [3.63, 3.8) is 0 Å². The third-order valence-corrected chi connectivity index (χ3v) is 3.24. The number of hydrogen-bond donors (Lipinski definition) is 2. The molecule has 0 radical (unpaired) electrons. The molecule has 2 N–H and O–H groups in total. The quantitative estimate of drug-likeness (QED) is 0.800. The minimum absolute atomic E-state index is 0.0570. The molecule has 2 amide bonds. The fraction of sp³-hybridized carbons (Fsp3) is 0.273. The van der Waals surface area contributed by atoms with Crippen molar-refractivity contribution >= 4 is 35.0 Å². The van der Waals surface area contributed by atoms with Crippen molar-refractivity contribution < 1.29 is 14.7 Å². The number of piperazine rings is 1. The van der Waals surface area contributed by atoms with E-state index in [1.807, 2.05) is 0 Å². The Kier molecular flexibility index (Phi) is 3.23. The molecule has 1 saturated heterocycles. The van der Waals surface area contributed by atoms with E-state index in [0.29, 0.717) is 5.02 Å². The number of amides is 2.